The predicted molar refractivity (Wildman–Crippen MR) is 48.2 cm³/mol. The van der Waals surface area contributed by atoms with Crippen LogP contribution in [0.15, 0.2) is 12.8 Å². The topological polar surface area (TPSA) is 41.6 Å². The van der Waals surface area contributed by atoms with Crippen LogP contribution in [0.3, 0.4) is 0 Å². The van der Waals surface area contributed by atoms with Gasteiger partial charge in [0.25, 0.3) is 0 Å². The third kappa shape index (κ3) is 1.42. The molecule has 1 spiro atoms. The molecule has 2 heterocycles. The van der Waals surface area contributed by atoms with Crippen LogP contribution >= 0.6 is 0 Å². The minimum Gasteiger partial charge on any atom is -0.441 e. The van der Waals surface area contributed by atoms with Gasteiger partial charge in [-0.05, 0) is 13.1 Å². The van der Waals surface area contributed by atoms with Crippen LogP contribution in [0.25, 0.3) is 0 Å². The maximum atomic E-state index is 11.3. The molecule has 0 radical (unpaired) electrons. The molecule has 0 aliphatic carbocycles. The Balaban J connectivity index is 2.09. The third-order valence-electron chi connectivity index (χ3n) is 2.73. The van der Waals surface area contributed by atoms with E-state index in [9.17, 15) is 4.79 Å². The van der Waals surface area contributed by atoms with Crippen molar-refractivity contribution in [1.29, 1.82) is 0 Å². The number of amides is 1. The summed E-state index contributed by atoms with van der Waals surface area (Å²) >= 11 is 0. The van der Waals surface area contributed by atoms with Gasteiger partial charge in [0.1, 0.15) is 5.60 Å². The maximum absolute atomic E-state index is 11.3. The average molecular weight is 182 g/mol. The molecule has 0 aromatic heterocycles. The van der Waals surface area contributed by atoms with E-state index in [0.29, 0.717) is 6.54 Å². The van der Waals surface area contributed by atoms with E-state index in [1.54, 1.807) is 11.1 Å². The molecule has 1 N–H and O–H groups in total. The number of piperidine rings is 1. The number of hydrogen-bond acceptors (Lipinski definition) is 3. The molecule has 0 unspecified atom stereocenters. The van der Waals surface area contributed by atoms with Crippen molar-refractivity contribution < 1.29 is 9.53 Å². The maximum Gasteiger partial charge on any atom is 0.414 e. The van der Waals surface area contributed by atoms with Gasteiger partial charge in [-0.25, -0.2) is 4.79 Å². The summed E-state index contributed by atoms with van der Waals surface area (Å²) in [5.41, 5.74) is -0.240. The Morgan fingerprint density at radius 2 is 2.23 bits per heavy atom. The SMILES string of the molecule is C=CN1CC2(CCNCC2)OC1=O. The van der Waals surface area contributed by atoms with E-state index >= 15 is 0 Å². The third-order valence-corrected chi connectivity index (χ3v) is 2.73. The van der Waals surface area contributed by atoms with Crippen LogP contribution in [0.5, 0.6) is 0 Å². The van der Waals surface area contributed by atoms with E-state index in [1.807, 2.05) is 0 Å². The van der Waals surface area contributed by atoms with Crippen molar-refractivity contribution in [3.8, 4) is 0 Å². The lowest BCUT2D eigenvalue weighted by atomic mass is 9.92. The van der Waals surface area contributed by atoms with Crippen molar-refractivity contribution in [2.45, 2.75) is 18.4 Å². The van der Waals surface area contributed by atoms with Gasteiger partial charge in [-0.3, -0.25) is 4.90 Å². The zero-order chi connectivity index (χ0) is 9.31. The predicted octanol–water partition coefficient (Wildman–Crippen LogP) is 0.704. The first kappa shape index (κ1) is 8.56. The highest BCUT2D eigenvalue weighted by Crippen LogP contribution is 2.30. The zero-order valence-electron chi connectivity index (χ0n) is 7.58. The first-order valence-corrected chi connectivity index (χ1v) is 4.59. The normalized spacial score (nSPS) is 26.2. The van der Waals surface area contributed by atoms with Gasteiger partial charge >= 0.3 is 6.09 Å². The lowest BCUT2D eigenvalue weighted by molar-refractivity contribution is 0.0316. The van der Waals surface area contributed by atoms with E-state index in [-0.39, 0.29) is 11.7 Å². The summed E-state index contributed by atoms with van der Waals surface area (Å²) in [6.07, 6.45) is 3.10. The highest BCUT2D eigenvalue weighted by Gasteiger charge is 2.44. The van der Waals surface area contributed by atoms with Gasteiger partial charge in [0.05, 0.1) is 6.54 Å². The second-order valence-electron chi connectivity index (χ2n) is 3.61. The fraction of sp³-hybridized carbons (Fsp3) is 0.667. The smallest absolute Gasteiger partial charge is 0.414 e. The Kier molecular flexibility index (Phi) is 2.00. The molecule has 0 bridgehead atoms. The number of rotatable bonds is 1. The molecule has 1 amide bonds. The van der Waals surface area contributed by atoms with E-state index < -0.39 is 0 Å². The Bertz CT molecular complexity index is 234. The highest BCUT2D eigenvalue weighted by atomic mass is 16.6. The van der Waals surface area contributed by atoms with Crippen LogP contribution in [0, 0.1) is 0 Å². The van der Waals surface area contributed by atoms with Crippen molar-refractivity contribution in [2.75, 3.05) is 19.6 Å². The van der Waals surface area contributed by atoms with E-state index in [1.165, 1.54) is 0 Å². The Hall–Kier alpha value is -1.03. The Labute approximate surface area is 77.5 Å². The van der Waals surface area contributed by atoms with E-state index in [0.717, 1.165) is 25.9 Å². The summed E-state index contributed by atoms with van der Waals surface area (Å²) in [5, 5.41) is 3.25. The summed E-state index contributed by atoms with van der Waals surface area (Å²) in [4.78, 5) is 12.8. The lowest BCUT2D eigenvalue weighted by Gasteiger charge is -2.30. The van der Waals surface area contributed by atoms with Crippen LogP contribution in [0.4, 0.5) is 4.79 Å². The van der Waals surface area contributed by atoms with Gasteiger partial charge in [-0.15, -0.1) is 0 Å². The van der Waals surface area contributed by atoms with Crippen LogP contribution in [0.1, 0.15) is 12.8 Å². The summed E-state index contributed by atoms with van der Waals surface area (Å²) < 4.78 is 5.37. The van der Waals surface area contributed by atoms with Crippen LogP contribution in [0.2, 0.25) is 0 Å². The number of hydrogen-bond donors (Lipinski definition) is 1. The fourth-order valence-corrected chi connectivity index (χ4v) is 1.93. The van der Waals surface area contributed by atoms with Crippen LogP contribution in [-0.4, -0.2) is 36.2 Å². The zero-order valence-corrected chi connectivity index (χ0v) is 7.58. The van der Waals surface area contributed by atoms with E-state index in [4.69, 9.17) is 4.74 Å². The average Bonchev–Trinajstić information content (AvgIpc) is 2.44. The molecule has 0 aromatic carbocycles. The molecule has 2 aliphatic rings. The fourth-order valence-electron chi connectivity index (χ4n) is 1.93. The standard InChI is InChI=1S/C9H14N2O2/c1-2-11-7-9(13-8(11)12)3-5-10-6-4-9/h2,10H,1,3-7H2. The first-order chi connectivity index (χ1) is 6.26. The molecule has 0 saturated carbocycles. The van der Waals surface area contributed by atoms with Gasteiger partial charge in [-0.1, -0.05) is 6.58 Å². The molecular formula is C9H14N2O2. The molecular weight excluding hydrogens is 168 g/mol. The monoisotopic (exact) mass is 182 g/mol. The number of nitrogens with one attached hydrogen (secondary N) is 1. The van der Waals surface area contributed by atoms with Crippen LogP contribution in [-0.2, 0) is 4.74 Å². The van der Waals surface area contributed by atoms with Crippen molar-refractivity contribution in [2.24, 2.45) is 0 Å². The molecule has 0 atom stereocenters. The van der Waals surface area contributed by atoms with Crippen molar-refractivity contribution in [1.82, 2.24) is 10.2 Å². The largest absolute Gasteiger partial charge is 0.441 e. The van der Waals surface area contributed by atoms with Gasteiger partial charge in [0, 0.05) is 19.0 Å². The van der Waals surface area contributed by atoms with Crippen molar-refractivity contribution >= 4 is 6.09 Å². The minimum absolute atomic E-state index is 0.240. The molecule has 0 aromatic rings. The number of nitrogens with zero attached hydrogens (tertiary/aromatic N) is 1. The first-order valence-electron chi connectivity index (χ1n) is 4.59. The molecule has 72 valence electrons. The molecule has 4 nitrogen and oxygen atoms in total. The summed E-state index contributed by atoms with van der Waals surface area (Å²) in [7, 11) is 0. The molecule has 2 rings (SSSR count). The highest BCUT2D eigenvalue weighted by molar-refractivity contribution is 5.71. The number of carbonyl (C=O) groups is 1. The molecule has 4 heteroatoms. The molecule has 13 heavy (non-hydrogen) atoms. The van der Waals surface area contributed by atoms with Gasteiger partial charge in [0.15, 0.2) is 0 Å². The quantitative estimate of drug-likeness (QED) is 0.649. The van der Waals surface area contributed by atoms with Crippen molar-refractivity contribution in [3.05, 3.63) is 12.8 Å². The molecule has 2 saturated heterocycles. The minimum atomic E-state index is -0.253. The van der Waals surface area contributed by atoms with Crippen molar-refractivity contribution in [3.63, 3.8) is 0 Å². The summed E-state index contributed by atoms with van der Waals surface area (Å²) in [6, 6.07) is 0. The van der Waals surface area contributed by atoms with Gasteiger partial charge < -0.3 is 10.1 Å². The summed E-state index contributed by atoms with van der Waals surface area (Å²) in [5.74, 6) is 0. The van der Waals surface area contributed by atoms with Gasteiger partial charge in [-0.2, -0.15) is 0 Å². The molecule has 2 fully saturated rings. The Morgan fingerprint density at radius 3 is 2.77 bits per heavy atom. The van der Waals surface area contributed by atoms with E-state index in [2.05, 4.69) is 11.9 Å². The van der Waals surface area contributed by atoms with Gasteiger partial charge in [0.2, 0.25) is 0 Å². The number of ether oxygens (including phenoxy) is 1. The summed E-state index contributed by atoms with van der Waals surface area (Å²) in [6.45, 7) is 6.10. The van der Waals surface area contributed by atoms with Crippen LogP contribution < -0.4 is 5.32 Å². The second kappa shape index (κ2) is 3.03. The second-order valence-corrected chi connectivity index (χ2v) is 3.61. The number of carbonyl (C=O) groups excluding carboxylic acids is 1. The lowest BCUT2D eigenvalue weighted by Crippen LogP contribution is -2.44. The Morgan fingerprint density at radius 1 is 1.54 bits per heavy atom. The molecule has 2 aliphatic heterocycles.